The van der Waals surface area contributed by atoms with Gasteiger partial charge in [-0.1, -0.05) is 53.7 Å². The number of fused-ring (bicyclic) bond motifs is 1. The molecule has 2 N–H and O–H groups in total. The van der Waals surface area contributed by atoms with Gasteiger partial charge in [-0.2, -0.15) is 10.2 Å². The Kier molecular flexibility index (Phi) is 7.25. The van der Waals surface area contributed by atoms with Gasteiger partial charge in [-0.05, 0) is 42.7 Å². The molecule has 1 amide bonds. The van der Waals surface area contributed by atoms with Crippen LogP contribution in [-0.4, -0.2) is 22.5 Å². The highest BCUT2D eigenvalue weighted by molar-refractivity contribution is 5.91. The average molecular weight is 413 g/mol. The van der Waals surface area contributed by atoms with Crippen molar-refractivity contribution in [3.05, 3.63) is 34.8 Å². The molecule has 0 bridgehead atoms. The molecule has 1 aromatic heterocycles. The first-order valence-electron chi connectivity index (χ1n) is 10.6. The van der Waals surface area contributed by atoms with Crippen LogP contribution in [0.3, 0.4) is 0 Å². The van der Waals surface area contributed by atoms with Crippen molar-refractivity contribution < 1.29 is 9.21 Å². The average Bonchev–Trinajstić information content (AvgIpc) is 3.48. The number of hydrogen-bond donors (Lipinski definition) is 2. The van der Waals surface area contributed by atoms with E-state index in [1.807, 2.05) is 19.9 Å². The number of nitrogens with one attached hydrogen (secondary N) is 2. The summed E-state index contributed by atoms with van der Waals surface area (Å²) in [5.74, 6) is -0.333. The minimum atomic E-state index is -0.760. The fraction of sp³-hybridized carbons (Fsp3) is 0.565. The van der Waals surface area contributed by atoms with E-state index in [1.165, 1.54) is 0 Å². The van der Waals surface area contributed by atoms with Crippen molar-refractivity contribution in [3.63, 3.8) is 0 Å². The number of rotatable bonds is 7. The predicted molar refractivity (Wildman–Crippen MR) is 118 cm³/mol. The summed E-state index contributed by atoms with van der Waals surface area (Å²) in [6.07, 6.45) is 1.84. The van der Waals surface area contributed by atoms with Gasteiger partial charge in [0.15, 0.2) is 0 Å². The summed E-state index contributed by atoms with van der Waals surface area (Å²) < 4.78 is 5.14. The molecule has 7 nitrogen and oxygen atoms in total. The van der Waals surface area contributed by atoms with Gasteiger partial charge in [-0.3, -0.25) is 4.79 Å². The third-order valence-electron chi connectivity index (χ3n) is 5.79. The Morgan fingerprint density at radius 2 is 1.93 bits per heavy atom. The van der Waals surface area contributed by atoms with E-state index in [2.05, 4.69) is 49.4 Å². The lowest BCUT2D eigenvalue weighted by atomic mass is 9.76. The second-order valence-corrected chi connectivity index (χ2v) is 8.55. The van der Waals surface area contributed by atoms with Crippen LogP contribution in [0, 0.1) is 22.7 Å². The van der Waals surface area contributed by atoms with Crippen LogP contribution in [-0.2, 0) is 4.79 Å². The molecule has 0 aliphatic heterocycles. The number of carbonyl (C=O) groups excluding carboxylic acids is 1. The van der Waals surface area contributed by atoms with Crippen LogP contribution in [0.2, 0.25) is 0 Å². The standard InChI is InChI=1S/C21H26N4O3.C2H6/c1-13(2)20(3,4)11-15(18(26)25-21(12-22)9-10-21)23-17-14-7-5-6-8-16(14)28-19(27)24-17;1-2/h5-8,13,15H,9-11H2,1-4H3,(H,25,26)(H,23,24,27);1-2H3. The molecule has 0 saturated heterocycles. The van der Waals surface area contributed by atoms with Gasteiger partial charge in [-0.25, -0.2) is 4.79 Å². The molecule has 30 heavy (non-hydrogen) atoms. The van der Waals surface area contributed by atoms with Gasteiger partial charge < -0.3 is 15.1 Å². The number of aromatic nitrogens is 1. The quantitative estimate of drug-likeness (QED) is 0.704. The van der Waals surface area contributed by atoms with Crippen molar-refractivity contribution in [2.45, 2.75) is 72.4 Å². The van der Waals surface area contributed by atoms with E-state index in [0.717, 1.165) is 0 Å². The molecule has 2 aromatic rings. The van der Waals surface area contributed by atoms with Gasteiger partial charge in [0, 0.05) is 0 Å². The van der Waals surface area contributed by atoms with Crippen LogP contribution >= 0.6 is 0 Å². The van der Waals surface area contributed by atoms with Crippen LogP contribution < -0.4 is 16.4 Å². The van der Waals surface area contributed by atoms with Crippen LogP contribution in [0.1, 0.15) is 60.8 Å². The molecule has 1 aromatic carbocycles. The molecule has 1 atom stereocenters. The van der Waals surface area contributed by atoms with E-state index in [1.54, 1.807) is 18.2 Å². The van der Waals surface area contributed by atoms with Crippen LogP contribution in [0.15, 0.2) is 33.5 Å². The second-order valence-electron chi connectivity index (χ2n) is 8.55. The van der Waals surface area contributed by atoms with E-state index in [0.29, 0.717) is 42.0 Å². The lowest BCUT2D eigenvalue weighted by Crippen LogP contribution is -2.47. The van der Waals surface area contributed by atoms with E-state index < -0.39 is 17.3 Å². The molecule has 1 fully saturated rings. The maximum atomic E-state index is 13.0. The summed E-state index contributed by atoms with van der Waals surface area (Å²) in [6, 6.07) is 8.61. The summed E-state index contributed by atoms with van der Waals surface area (Å²) in [7, 11) is 0. The summed E-state index contributed by atoms with van der Waals surface area (Å²) >= 11 is 0. The number of carbonyl (C=O) groups is 1. The smallest absolute Gasteiger partial charge is 0.408 e. The zero-order valence-corrected chi connectivity index (χ0v) is 18.7. The summed E-state index contributed by atoms with van der Waals surface area (Å²) in [5.41, 5.74) is -0.499. The van der Waals surface area contributed by atoms with Crippen molar-refractivity contribution in [2.24, 2.45) is 11.3 Å². The van der Waals surface area contributed by atoms with Crippen molar-refractivity contribution in [3.8, 4) is 6.07 Å². The lowest BCUT2D eigenvalue weighted by molar-refractivity contribution is -0.123. The Bertz CT molecular complexity index is 984. The Morgan fingerprint density at radius 1 is 1.30 bits per heavy atom. The van der Waals surface area contributed by atoms with Crippen molar-refractivity contribution in [1.82, 2.24) is 10.3 Å². The number of hydrogen-bond acceptors (Lipinski definition) is 6. The predicted octanol–water partition coefficient (Wildman–Crippen LogP) is 4.24. The van der Waals surface area contributed by atoms with E-state index in [9.17, 15) is 14.9 Å². The molecule has 1 heterocycles. The summed E-state index contributed by atoms with van der Waals surface area (Å²) in [5, 5.41) is 16.0. The Morgan fingerprint density at radius 3 is 2.50 bits per heavy atom. The molecule has 1 unspecified atom stereocenters. The van der Waals surface area contributed by atoms with E-state index in [-0.39, 0.29) is 11.3 Å². The molecule has 1 saturated carbocycles. The Labute approximate surface area is 177 Å². The van der Waals surface area contributed by atoms with E-state index >= 15 is 0 Å². The van der Waals surface area contributed by atoms with Gasteiger partial charge in [-0.15, -0.1) is 0 Å². The normalized spacial score (nSPS) is 15.5. The first kappa shape index (κ1) is 23.4. The largest absolute Gasteiger partial charge is 0.441 e. The van der Waals surface area contributed by atoms with Gasteiger partial charge in [0.2, 0.25) is 5.91 Å². The molecule has 3 rings (SSSR count). The Balaban J connectivity index is 0.00000155. The van der Waals surface area contributed by atoms with Gasteiger partial charge >= 0.3 is 5.76 Å². The minimum absolute atomic E-state index is 0.145. The lowest BCUT2D eigenvalue weighted by Gasteiger charge is -2.33. The third kappa shape index (κ3) is 5.38. The number of nitriles is 1. The van der Waals surface area contributed by atoms with Gasteiger partial charge in [0.1, 0.15) is 23.0 Å². The number of anilines is 1. The molecule has 1 aliphatic carbocycles. The van der Waals surface area contributed by atoms with Crippen LogP contribution in [0.5, 0.6) is 0 Å². The zero-order valence-electron chi connectivity index (χ0n) is 18.7. The highest BCUT2D eigenvalue weighted by atomic mass is 16.4. The first-order chi connectivity index (χ1) is 14.2. The Hall–Kier alpha value is -2.88. The number of para-hydroxylation sites is 1. The number of amides is 1. The molecule has 0 radical (unpaired) electrons. The zero-order chi connectivity index (χ0) is 22.5. The third-order valence-corrected chi connectivity index (χ3v) is 5.79. The molecule has 0 spiro atoms. The van der Waals surface area contributed by atoms with Crippen molar-refractivity contribution in [2.75, 3.05) is 5.32 Å². The molecule has 7 heteroatoms. The number of benzene rings is 1. The fourth-order valence-corrected chi connectivity index (χ4v) is 2.98. The topological polar surface area (TPSA) is 108 Å². The van der Waals surface area contributed by atoms with Crippen LogP contribution in [0.4, 0.5) is 5.82 Å². The molecular weight excluding hydrogens is 380 g/mol. The van der Waals surface area contributed by atoms with Gasteiger partial charge in [0.05, 0.1) is 11.5 Å². The summed E-state index contributed by atoms with van der Waals surface area (Å²) in [4.78, 5) is 28.9. The van der Waals surface area contributed by atoms with Gasteiger partial charge in [0.25, 0.3) is 0 Å². The molecule has 1 aliphatic rings. The monoisotopic (exact) mass is 412 g/mol. The second kappa shape index (κ2) is 9.29. The number of nitrogens with zero attached hydrogens (tertiary/aromatic N) is 2. The van der Waals surface area contributed by atoms with Crippen LogP contribution in [0.25, 0.3) is 11.0 Å². The van der Waals surface area contributed by atoms with Crippen molar-refractivity contribution >= 4 is 22.7 Å². The van der Waals surface area contributed by atoms with E-state index in [4.69, 9.17) is 4.42 Å². The maximum absolute atomic E-state index is 13.0. The highest BCUT2D eigenvalue weighted by Crippen LogP contribution is 2.36. The van der Waals surface area contributed by atoms with Crippen molar-refractivity contribution in [1.29, 1.82) is 5.26 Å². The molecular formula is C23H32N4O3. The first-order valence-corrected chi connectivity index (χ1v) is 10.6. The highest BCUT2D eigenvalue weighted by Gasteiger charge is 2.46. The SMILES string of the molecule is CC.CC(C)C(C)(C)CC(Nc1nc(=O)oc2ccccc12)C(=O)NC1(C#N)CC1. The molecule has 162 valence electrons. The fourth-order valence-electron chi connectivity index (χ4n) is 2.98. The summed E-state index contributed by atoms with van der Waals surface area (Å²) in [6.45, 7) is 12.4. The maximum Gasteiger partial charge on any atom is 0.441 e. The minimum Gasteiger partial charge on any atom is -0.408 e.